The molecule has 6 N–H and O–H groups in total. The van der Waals surface area contributed by atoms with Gasteiger partial charge in [0.25, 0.3) is 0 Å². The molecule has 3 unspecified atom stereocenters. The van der Waals surface area contributed by atoms with Crippen molar-refractivity contribution in [1.82, 2.24) is 0 Å². The van der Waals surface area contributed by atoms with Gasteiger partial charge in [-0.3, -0.25) is 0 Å². The summed E-state index contributed by atoms with van der Waals surface area (Å²) in [7, 11) is 0. The molecule has 0 aromatic heterocycles. The number of aliphatic hydroxyl groups excluding tert-OH is 3. The Morgan fingerprint density at radius 1 is 0.317 bits per heavy atom. The molecule has 0 aliphatic rings. The molecule has 0 amide bonds. The molecule has 9 nitrogen and oxygen atoms in total. The molecule has 3 atom stereocenters. The minimum atomic E-state index is -1.23. The van der Waals surface area contributed by atoms with Gasteiger partial charge in [0.2, 0.25) is 0 Å². The normalized spacial score (nSPS) is 6.00. The third-order valence-electron chi connectivity index (χ3n) is 1.07. The van der Waals surface area contributed by atoms with Crippen LogP contribution in [0.1, 0.15) is 53.6 Å². The first-order valence-corrected chi connectivity index (χ1v) is 4.66. The number of rotatable bonds is 3. The number of aliphatic carboxylic acids is 3. The summed E-state index contributed by atoms with van der Waals surface area (Å²) in [5, 5.41) is 47.3. The van der Waals surface area contributed by atoms with Gasteiger partial charge >= 0.3 is 1200 Å². The summed E-state index contributed by atoms with van der Waals surface area (Å²) in [6.07, 6.45) is -3.69. The summed E-state index contributed by atoms with van der Waals surface area (Å²) in [4.78, 5) is 28.3. The average molecular weight is 1190 g/mol. The van der Waals surface area contributed by atoms with Crippen LogP contribution in [0.15, 0.2) is 0 Å². The second-order valence-electron chi connectivity index (χ2n) is 3.04. The molecule has 0 saturated heterocycles. The third-order valence-corrected chi connectivity index (χ3v) is 1.07. The van der Waals surface area contributed by atoms with Crippen LogP contribution in [0.4, 0.5) is 0 Å². The summed E-state index contributed by atoms with van der Waals surface area (Å²) in [6, 6.07) is 0. The van der Waals surface area contributed by atoms with Crippen molar-refractivity contribution in [2.24, 2.45) is 0 Å². The molecule has 0 aromatic rings. The maximum Gasteiger partial charge on any atom is 1.00 e. The Bertz CT molecular complexity index is 315. The van der Waals surface area contributed by atoms with Gasteiger partial charge in [-0.25, -0.2) is 14.4 Å². The van der Waals surface area contributed by atoms with E-state index in [1.807, 2.05) is 0 Å². The summed E-state index contributed by atoms with van der Waals surface area (Å²) >= 11 is 0. The first-order chi connectivity index (χ1) is 7.93. The summed E-state index contributed by atoms with van der Waals surface area (Å²) in [6.45, 7) is 3.59. The maximum atomic E-state index is 9.45. The summed E-state index contributed by atoms with van der Waals surface area (Å²) < 4.78 is 0. The molecule has 0 aliphatic carbocycles. The maximum absolute atomic E-state index is 9.45. The Morgan fingerprint density at radius 2 is 0.341 bits per heavy atom. The first-order valence-electron chi connectivity index (χ1n) is 4.66. The predicted octanol–water partition coefficient (Wildman–Crippen LogP) is -68.0. The molecule has 0 fully saturated rings. The second-order valence-corrected chi connectivity index (χ2v) is 3.04. The van der Waals surface area contributed by atoms with E-state index < -0.39 is 36.2 Å². The van der Waals surface area contributed by atoms with Crippen LogP contribution < -0.4 is 1180 Å². The van der Waals surface area contributed by atoms with Crippen LogP contribution in [0.5, 0.6) is 0 Å². The first kappa shape index (κ1) is 171. The van der Waals surface area contributed by atoms with E-state index in [1.165, 1.54) is 20.8 Å². The molecule has 154 valence electrons. The Kier molecular flexibility index (Phi) is 611. The number of carboxylic acid groups (broad SMARTS) is 3. The molecule has 0 bridgehead atoms. The van der Waals surface area contributed by atoms with Crippen molar-refractivity contribution in [3.8, 4) is 0 Å². The van der Waals surface area contributed by atoms with Gasteiger partial charge in [-0.05, 0) is 20.8 Å². The van der Waals surface area contributed by atoms with E-state index in [9.17, 15) is 14.4 Å². The molecule has 0 heterocycles. The van der Waals surface area contributed by atoms with Gasteiger partial charge < -0.3 is 63.5 Å². The second kappa shape index (κ2) is 147. The van der Waals surface area contributed by atoms with Crippen molar-refractivity contribution in [3.63, 3.8) is 0 Å². The van der Waals surface area contributed by atoms with Gasteiger partial charge in [-0.2, -0.15) is 0 Å². The van der Waals surface area contributed by atoms with Crippen molar-refractivity contribution in [2.75, 3.05) is 0 Å². The molecule has 0 aromatic carbocycles. The largest absolute Gasteiger partial charge is 1.00 e. The van der Waals surface area contributed by atoms with Crippen molar-refractivity contribution in [2.45, 2.75) is 39.1 Å². The standard InChI is InChI=1S/3C3H6O3.23K.23H/c3*1-2(4)3(5)6;;;;;;;;;;;;;;;;;;;;;;;;;;;;;;;;;;;;;;;;;;;;;;/h3*2,4H,1H3,(H,5,6);;;;;;;;;;;;;;;;;;;;;;;;;;;;;;;;;;;;;;;;;;;;;;/q;;;23*+1;23*-1. The smallest absolute Gasteiger partial charge is 1.00 e. The van der Waals surface area contributed by atoms with Crippen LogP contribution in [-0.4, -0.2) is 66.9 Å². The van der Waals surface area contributed by atoms with E-state index in [0.29, 0.717) is 0 Å². The summed E-state index contributed by atoms with van der Waals surface area (Å²) in [5.74, 6) is -3.56. The molecule has 0 radical (unpaired) electrons. The minimum Gasteiger partial charge on any atom is -1.00 e. The van der Waals surface area contributed by atoms with E-state index in [0.717, 1.165) is 0 Å². The van der Waals surface area contributed by atoms with Crippen LogP contribution in [-0.2, 0) is 14.4 Å². The number of hydrogen-bond acceptors (Lipinski definition) is 6. The van der Waals surface area contributed by atoms with Gasteiger partial charge in [0.05, 0.1) is 0 Å². The monoisotopic (exact) mass is 1190 g/mol. The van der Waals surface area contributed by atoms with Crippen molar-refractivity contribution >= 4 is 17.9 Å². The molecule has 0 spiro atoms. The van der Waals surface area contributed by atoms with Crippen molar-refractivity contribution in [3.05, 3.63) is 0 Å². The molecular weight excluding hydrogens is 1150 g/mol. The number of aliphatic hydroxyl groups is 3. The van der Waals surface area contributed by atoms with Crippen molar-refractivity contribution in [1.29, 1.82) is 0 Å². The summed E-state index contributed by atoms with van der Waals surface area (Å²) in [5.41, 5.74) is 0. The Hall–Kier alpha value is 35.9. The molecule has 0 saturated carbocycles. The zero-order valence-electron chi connectivity index (χ0n) is 56.1. The topological polar surface area (TPSA) is 173 Å². The SMILES string of the molecule is CC(O)C(=O)O.CC(O)C(=O)O.CC(O)C(=O)O.[H-].[H-].[H-].[H-].[H-].[H-].[H-].[H-].[H-].[H-].[H-].[H-].[H-].[H-].[H-].[H-].[H-].[H-].[H-].[H-].[H-].[H-].[H-].[K+].[K+].[K+].[K+].[K+].[K+].[K+].[K+].[K+].[K+].[K+].[K+].[K+].[K+].[K+].[K+].[K+].[K+].[K+].[K+].[K+].[K+].[K+]. The van der Waals surface area contributed by atoms with Crippen LogP contribution >= 0.6 is 0 Å². The number of carbonyl (C=O) groups is 3. The molecule has 0 aliphatic heterocycles. The van der Waals surface area contributed by atoms with Crippen LogP contribution in [0.2, 0.25) is 0 Å². The third kappa shape index (κ3) is 181. The fraction of sp³-hybridized carbons (Fsp3) is 0.667. The molecule has 0 rings (SSSR count). The molecule has 41 heavy (non-hydrogen) atoms. The Balaban J connectivity index is -0.000000000825. The Morgan fingerprint density at radius 3 is 0.341 bits per heavy atom. The van der Waals surface area contributed by atoms with Crippen LogP contribution in [0.25, 0.3) is 0 Å². The van der Waals surface area contributed by atoms with Gasteiger partial charge in [-0.15, -0.1) is 0 Å². The average Bonchev–Trinajstić information content (AvgIpc) is 2.18. The quantitative estimate of drug-likeness (QED) is 0.150. The van der Waals surface area contributed by atoms with Gasteiger partial charge in [0, 0.05) is 0 Å². The number of carboxylic acids is 3. The van der Waals surface area contributed by atoms with E-state index in [-0.39, 0.29) is 1210 Å². The van der Waals surface area contributed by atoms with Gasteiger partial charge in [0.1, 0.15) is 18.3 Å². The van der Waals surface area contributed by atoms with Crippen molar-refractivity contribution < 1.29 is 1260 Å². The molecular formula is C9H41K23O9. The predicted molar refractivity (Wildman–Crippen MR) is 83.5 cm³/mol. The van der Waals surface area contributed by atoms with E-state index in [4.69, 9.17) is 30.6 Å². The van der Waals surface area contributed by atoms with Crippen LogP contribution in [0, 0.1) is 0 Å². The fourth-order valence-corrected chi connectivity index (χ4v) is 0. The van der Waals surface area contributed by atoms with Crippen LogP contribution in [0.3, 0.4) is 0 Å². The zero-order valence-corrected chi connectivity index (χ0v) is 105. The van der Waals surface area contributed by atoms with E-state index in [1.54, 1.807) is 0 Å². The van der Waals surface area contributed by atoms with Gasteiger partial charge in [-0.1, -0.05) is 0 Å². The van der Waals surface area contributed by atoms with Gasteiger partial charge in [0.15, 0.2) is 0 Å². The van der Waals surface area contributed by atoms with E-state index in [2.05, 4.69) is 0 Å². The zero-order chi connectivity index (χ0) is 15.5. The number of hydrogen-bond donors (Lipinski definition) is 6. The fourth-order valence-electron chi connectivity index (χ4n) is 0. The molecule has 32 heteroatoms. The minimum absolute atomic E-state index is 0. The van der Waals surface area contributed by atoms with E-state index >= 15 is 0 Å². The Labute approximate surface area is 1260 Å².